The van der Waals surface area contributed by atoms with Crippen molar-refractivity contribution in [3.63, 3.8) is 0 Å². The summed E-state index contributed by atoms with van der Waals surface area (Å²) < 4.78 is 97.6. The van der Waals surface area contributed by atoms with Gasteiger partial charge in [-0.3, -0.25) is 0 Å². The zero-order valence-corrected chi connectivity index (χ0v) is 23.8. The minimum absolute atomic E-state index is 0.0699. The van der Waals surface area contributed by atoms with E-state index in [0.717, 1.165) is 0 Å². The van der Waals surface area contributed by atoms with Gasteiger partial charge in [-0.1, -0.05) is 139 Å². The van der Waals surface area contributed by atoms with Gasteiger partial charge in [0.1, 0.15) is 11.2 Å². The maximum atomic E-state index is 9.76. The van der Waals surface area contributed by atoms with Gasteiger partial charge in [-0.25, -0.2) is 0 Å². The van der Waals surface area contributed by atoms with Crippen LogP contribution in [0.3, 0.4) is 0 Å². The van der Waals surface area contributed by atoms with Crippen molar-refractivity contribution in [3.05, 3.63) is 170 Å². The van der Waals surface area contributed by atoms with Crippen molar-refractivity contribution >= 4 is 43.5 Å². The minimum atomic E-state index is -0.333. The fraction of sp³-hybridized carbons (Fsp3) is 0. The van der Waals surface area contributed by atoms with E-state index < -0.39 is 0 Å². The summed E-state index contributed by atoms with van der Waals surface area (Å²) in [6, 6.07) is 30.1. The summed E-state index contributed by atoms with van der Waals surface area (Å²) in [6.45, 7) is 0. The molecule has 0 aliphatic rings. The van der Waals surface area contributed by atoms with Gasteiger partial charge in [-0.05, 0) is 96.3 Å². The standard InChI is InChI=1S/C44H28O/c1-3-12-29(13-4-1)31-16-11-17-33(26-31)43-35-18-7-9-20-37(35)44(38-21-10-8-19-36(38)43)34-23-25-42-40(28-34)39-27-32(22-24-41(39)45-42)30-14-5-2-6-15-30/h1-28H/i11D,16D,17D,22D,23D,24D,25D,26D,27D,28D. The van der Waals surface area contributed by atoms with Crippen molar-refractivity contribution in [1.82, 2.24) is 0 Å². The molecule has 0 aliphatic carbocycles. The molecule has 9 rings (SSSR count). The molecule has 0 saturated heterocycles. The molecule has 0 amide bonds. The predicted molar refractivity (Wildman–Crippen MR) is 190 cm³/mol. The van der Waals surface area contributed by atoms with Crippen LogP contribution in [0, 0.1) is 0 Å². The van der Waals surface area contributed by atoms with Gasteiger partial charge < -0.3 is 4.42 Å². The molecule has 0 saturated carbocycles. The Morgan fingerprint density at radius 3 is 1.27 bits per heavy atom. The van der Waals surface area contributed by atoms with E-state index in [9.17, 15) is 6.85 Å². The van der Waals surface area contributed by atoms with Crippen LogP contribution in [0.4, 0.5) is 0 Å². The molecule has 0 fully saturated rings. The van der Waals surface area contributed by atoms with Crippen LogP contribution in [0.25, 0.3) is 88.0 Å². The van der Waals surface area contributed by atoms with E-state index in [1.807, 2.05) is 60.7 Å². The number of benzene rings is 8. The highest BCUT2D eigenvalue weighted by Gasteiger charge is 2.18. The molecule has 1 heterocycles. The van der Waals surface area contributed by atoms with E-state index in [0.29, 0.717) is 43.8 Å². The SMILES string of the molecule is [2H]c1c([2H])c(-c2ccccc2)c([2H])c(-c2c3ccccc3c(-c3c([2H])c([2H])c4oc5c([2H])c([2H])c(-c6ccccc6)c([2H])c5c4c3[2H])c3ccccc23)c1[2H]. The molecule has 0 bridgehead atoms. The first-order chi connectivity index (χ1) is 26.5. The van der Waals surface area contributed by atoms with Crippen molar-refractivity contribution in [2.45, 2.75) is 0 Å². The molecule has 1 heteroatoms. The number of hydrogen-bond acceptors (Lipinski definition) is 1. The first-order valence-corrected chi connectivity index (χ1v) is 14.6. The lowest BCUT2D eigenvalue weighted by Crippen LogP contribution is -1.91. The van der Waals surface area contributed by atoms with E-state index >= 15 is 0 Å². The van der Waals surface area contributed by atoms with Crippen LogP contribution in [0.1, 0.15) is 13.7 Å². The zero-order chi connectivity index (χ0) is 38.4. The van der Waals surface area contributed by atoms with Crippen LogP contribution >= 0.6 is 0 Å². The molecular formula is C44H28O. The Balaban J connectivity index is 1.43. The largest absolute Gasteiger partial charge is 0.456 e. The molecule has 210 valence electrons. The Labute approximate surface area is 275 Å². The molecule has 0 spiro atoms. The number of hydrogen-bond donors (Lipinski definition) is 0. The topological polar surface area (TPSA) is 13.1 Å². The second kappa shape index (κ2) is 10.4. The van der Waals surface area contributed by atoms with Gasteiger partial charge in [0.25, 0.3) is 0 Å². The molecule has 9 aromatic rings. The number of rotatable bonds is 4. The van der Waals surface area contributed by atoms with Gasteiger partial charge >= 0.3 is 0 Å². The molecule has 1 nitrogen and oxygen atoms in total. The predicted octanol–water partition coefficient (Wildman–Crippen LogP) is 12.6. The Hall–Kier alpha value is -5.92. The van der Waals surface area contributed by atoms with Crippen LogP contribution in [-0.2, 0) is 0 Å². The first kappa shape index (κ1) is 17.4. The lowest BCUT2D eigenvalue weighted by molar-refractivity contribution is 0.669. The fourth-order valence-corrected chi connectivity index (χ4v) is 6.16. The Morgan fingerprint density at radius 1 is 0.333 bits per heavy atom. The van der Waals surface area contributed by atoms with Gasteiger partial charge in [0, 0.05) is 10.8 Å². The van der Waals surface area contributed by atoms with Gasteiger partial charge in [-0.2, -0.15) is 0 Å². The third kappa shape index (κ3) is 4.24. The van der Waals surface area contributed by atoms with E-state index in [1.54, 1.807) is 48.5 Å². The summed E-state index contributed by atoms with van der Waals surface area (Å²) in [5, 5.41) is 2.50. The summed E-state index contributed by atoms with van der Waals surface area (Å²) in [6.07, 6.45) is 0. The number of furan rings is 1. The van der Waals surface area contributed by atoms with Gasteiger partial charge in [0.15, 0.2) is 0 Å². The highest BCUT2D eigenvalue weighted by molar-refractivity contribution is 6.22. The molecular weight excluding hydrogens is 544 g/mol. The second-order valence-corrected chi connectivity index (χ2v) is 10.8. The van der Waals surface area contributed by atoms with Crippen LogP contribution < -0.4 is 0 Å². The Morgan fingerprint density at radius 2 is 0.733 bits per heavy atom. The smallest absolute Gasteiger partial charge is 0.135 e. The van der Waals surface area contributed by atoms with E-state index in [-0.39, 0.29) is 105 Å². The summed E-state index contributed by atoms with van der Waals surface area (Å²) in [5.74, 6) is 0. The third-order valence-corrected chi connectivity index (χ3v) is 8.19. The Bertz CT molecular complexity index is 3030. The quantitative estimate of drug-likeness (QED) is 0.188. The third-order valence-electron chi connectivity index (χ3n) is 8.19. The normalized spacial score (nSPS) is 14.7. The van der Waals surface area contributed by atoms with E-state index in [2.05, 4.69) is 0 Å². The van der Waals surface area contributed by atoms with Crippen LogP contribution in [0.15, 0.2) is 174 Å². The summed E-state index contributed by atoms with van der Waals surface area (Å²) in [5.41, 5.74) is 2.58. The zero-order valence-electron chi connectivity index (χ0n) is 33.8. The van der Waals surface area contributed by atoms with Gasteiger partial charge in [-0.15, -0.1) is 0 Å². The van der Waals surface area contributed by atoms with Crippen molar-refractivity contribution in [1.29, 1.82) is 0 Å². The van der Waals surface area contributed by atoms with Crippen molar-refractivity contribution in [2.75, 3.05) is 0 Å². The highest BCUT2D eigenvalue weighted by atomic mass is 16.3. The molecule has 0 aliphatic heterocycles. The molecule has 0 unspecified atom stereocenters. The average Bonchev–Trinajstić information content (AvgIpc) is 3.62. The summed E-state index contributed by atoms with van der Waals surface area (Å²) in [7, 11) is 0. The van der Waals surface area contributed by atoms with Crippen molar-refractivity contribution in [2.24, 2.45) is 0 Å². The van der Waals surface area contributed by atoms with Crippen LogP contribution in [0.2, 0.25) is 0 Å². The van der Waals surface area contributed by atoms with E-state index in [4.69, 9.17) is 11.3 Å². The Kier molecular flexibility index (Phi) is 4.01. The van der Waals surface area contributed by atoms with E-state index in [1.165, 1.54) is 0 Å². The molecule has 45 heavy (non-hydrogen) atoms. The molecule has 0 N–H and O–H groups in total. The average molecular weight is 583 g/mol. The number of fused-ring (bicyclic) bond motifs is 5. The maximum absolute atomic E-state index is 9.76. The second-order valence-electron chi connectivity index (χ2n) is 10.8. The summed E-state index contributed by atoms with van der Waals surface area (Å²) in [4.78, 5) is 0. The maximum Gasteiger partial charge on any atom is 0.135 e. The van der Waals surface area contributed by atoms with Crippen molar-refractivity contribution in [3.8, 4) is 44.5 Å². The molecule has 0 atom stereocenters. The molecule has 8 aromatic carbocycles. The minimum Gasteiger partial charge on any atom is -0.456 e. The lowest BCUT2D eigenvalue weighted by atomic mass is 9.85. The molecule has 1 aromatic heterocycles. The monoisotopic (exact) mass is 582 g/mol. The first-order valence-electron chi connectivity index (χ1n) is 19.6. The lowest BCUT2D eigenvalue weighted by Gasteiger charge is -2.18. The van der Waals surface area contributed by atoms with Gasteiger partial charge in [0.05, 0.1) is 13.7 Å². The summed E-state index contributed by atoms with van der Waals surface area (Å²) >= 11 is 0. The van der Waals surface area contributed by atoms with Crippen molar-refractivity contribution < 1.29 is 18.1 Å². The van der Waals surface area contributed by atoms with Gasteiger partial charge in [0.2, 0.25) is 0 Å². The van der Waals surface area contributed by atoms with Crippen LogP contribution in [0.5, 0.6) is 0 Å². The van der Waals surface area contributed by atoms with Crippen LogP contribution in [-0.4, -0.2) is 0 Å². The highest BCUT2D eigenvalue weighted by Crippen LogP contribution is 2.45. The molecule has 0 radical (unpaired) electrons. The fourth-order valence-electron chi connectivity index (χ4n) is 6.16.